The molecule has 4 nitrogen and oxygen atoms in total. The minimum absolute atomic E-state index is 0.915. The first-order valence-electron chi connectivity index (χ1n) is 13.0. The van der Waals surface area contributed by atoms with E-state index in [4.69, 9.17) is 4.98 Å². The van der Waals surface area contributed by atoms with Crippen molar-refractivity contribution < 1.29 is 0 Å². The van der Waals surface area contributed by atoms with Crippen LogP contribution in [0.4, 0.5) is 17.2 Å². The molecule has 0 spiro atoms. The standard InChI is InChI=1S/C34H26N4/c1-2-8-24(9-3-1)25-15-17-26(18-16-25)31-23-32(37-36-31)29-11-6-13-30(22-29)38-33-14-5-4-10-27(33)19-20-28-12-7-21-35-34(28)38/h1-18,21-23H,19-20H2,(H,36,37). The Morgan fingerprint density at radius 2 is 1.29 bits per heavy atom. The molecule has 182 valence electrons. The number of anilines is 3. The summed E-state index contributed by atoms with van der Waals surface area (Å²) in [6.45, 7) is 0. The van der Waals surface area contributed by atoms with Gasteiger partial charge >= 0.3 is 0 Å². The van der Waals surface area contributed by atoms with Gasteiger partial charge in [0, 0.05) is 17.4 Å². The summed E-state index contributed by atoms with van der Waals surface area (Å²) in [4.78, 5) is 7.10. The molecule has 0 aliphatic carbocycles. The Morgan fingerprint density at radius 3 is 2.18 bits per heavy atom. The fourth-order valence-electron chi connectivity index (χ4n) is 5.31. The molecular weight excluding hydrogens is 464 g/mol. The second kappa shape index (κ2) is 9.49. The van der Waals surface area contributed by atoms with Crippen molar-refractivity contribution in [2.45, 2.75) is 12.8 Å². The Hall–Kier alpha value is -4.96. The average molecular weight is 491 g/mol. The zero-order valence-corrected chi connectivity index (χ0v) is 20.9. The van der Waals surface area contributed by atoms with Gasteiger partial charge in [-0.15, -0.1) is 0 Å². The number of para-hydroxylation sites is 1. The second-order valence-electron chi connectivity index (χ2n) is 9.61. The minimum Gasteiger partial charge on any atom is -0.295 e. The van der Waals surface area contributed by atoms with Crippen LogP contribution in [-0.2, 0) is 12.8 Å². The predicted octanol–water partition coefficient (Wildman–Crippen LogP) is 8.37. The molecule has 0 bridgehead atoms. The highest BCUT2D eigenvalue weighted by molar-refractivity contribution is 5.82. The summed E-state index contributed by atoms with van der Waals surface area (Å²) in [5, 5.41) is 7.92. The SMILES string of the molecule is c1ccc(-c2ccc(-c3cc(-c4cccc(N5c6ccccc6CCc6cccnc65)c4)n[nH]3)cc2)cc1. The van der Waals surface area contributed by atoms with Gasteiger partial charge in [0.25, 0.3) is 0 Å². The molecule has 0 radical (unpaired) electrons. The molecule has 4 aromatic carbocycles. The zero-order valence-electron chi connectivity index (χ0n) is 20.9. The van der Waals surface area contributed by atoms with E-state index in [9.17, 15) is 0 Å². The molecule has 0 amide bonds. The van der Waals surface area contributed by atoms with Gasteiger partial charge in [0.05, 0.1) is 17.1 Å². The van der Waals surface area contributed by atoms with Crippen molar-refractivity contribution in [3.8, 4) is 33.6 Å². The van der Waals surface area contributed by atoms with E-state index in [0.29, 0.717) is 0 Å². The summed E-state index contributed by atoms with van der Waals surface area (Å²) >= 11 is 0. The van der Waals surface area contributed by atoms with Crippen LogP contribution in [0.25, 0.3) is 33.6 Å². The first kappa shape index (κ1) is 22.3. The Labute approximate surface area is 222 Å². The monoisotopic (exact) mass is 490 g/mol. The van der Waals surface area contributed by atoms with Gasteiger partial charge in [0.2, 0.25) is 0 Å². The van der Waals surface area contributed by atoms with Gasteiger partial charge in [-0.2, -0.15) is 5.10 Å². The number of fused-ring (bicyclic) bond motifs is 2. The van der Waals surface area contributed by atoms with Crippen molar-refractivity contribution in [2.24, 2.45) is 0 Å². The Morgan fingerprint density at radius 1 is 0.579 bits per heavy atom. The lowest BCUT2D eigenvalue weighted by molar-refractivity contribution is 0.970. The molecule has 0 unspecified atom stereocenters. The van der Waals surface area contributed by atoms with E-state index >= 15 is 0 Å². The summed E-state index contributed by atoms with van der Waals surface area (Å²) in [6, 6.07) is 42.6. The van der Waals surface area contributed by atoms with Gasteiger partial charge in [-0.3, -0.25) is 10.00 Å². The Kier molecular flexibility index (Phi) is 5.56. The van der Waals surface area contributed by atoms with Crippen LogP contribution in [0.5, 0.6) is 0 Å². The summed E-state index contributed by atoms with van der Waals surface area (Å²) in [5.41, 5.74) is 11.4. The van der Waals surface area contributed by atoms with Gasteiger partial charge in [0.1, 0.15) is 5.82 Å². The molecule has 4 heteroatoms. The van der Waals surface area contributed by atoms with Crippen LogP contribution in [0.2, 0.25) is 0 Å². The minimum atomic E-state index is 0.915. The van der Waals surface area contributed by atoms with Crippen LogP contribution in [-0.4, -0.2) is 15.2 Å². The van der Waals surface area contributed by atoms with Crippen LogP contribution in [0.1, 0.15) is 11.1 Å². The molecule has 3 heterocycles. The Balaban J connectivity index is 1.24. The number of H-pyrrole nitrogens is 1. The van der Waals surface area contributed by atoms with Crippen LogP contribution in [0.3, 0.4) is 0 Å². The molecular formula is C34H26N4. The van der Waals surface area contributed by atoms with E-state index in [0.717, 1.165) is 46.9 Å². The van der Waals surface area contributed by atoms with Crippen molar-refractivity contribution >= 4 is 17.2 Å². The quantitative estimate of drug-likeness (QED) is 0.270. The molecule has 1 N–H and O–H groups in total. The highest BCUT2D eigenvalue weighted by Gasteiger charge is 2.23. The molecule has 0 fully saturated rings. The average Bonchev–Trinajstić information content (AvgIpc) is 3.42. The number of pyridine rings is 1. The van der Waals surface area contributed by atoms with Gasteiger partial charge in [-0.05, 0) is 71.0 Å². The van der Waals surface area contributed by atoms with Crippen LogP contribution < -0.4 is 4.90 Å². The molecule has 6 aromatic rings. The van der Waals surface area contributed by atoms with E-state index in [1.807, 2.05) is 18.3 Å². The predicted molar refractivity (Wildman–Crippen MR) is 155 cm³/mol. The molecule has 7 rings (SSSR count). The van der Waals surface area contributed by atoms with E-state index in [2.05, 4.69) is 124 Å². The number of nitrogens with zero attached hydrogens (tertiary/aromatic N) is 3. The fourth-order valence-corrected chi connectivity index (χ4v) is 5.31. The number of hydrogen-bond acceptors (Lipinski definition) is 3. The lowest BCUT2D eigenvalue weighted by Crippen LogP contribution is -2.13. The van der Waals surface area contributed by atoms with Crippen molar-refractivity contribution in [1.29, 1.82) is 0 Å². The number of aryl methyl sites for hydroxylation is 2. The molecule has 0 atom stereocenters. The maximum atomic E-state index is 4.82. The van der Waals surface area contributed by atoms with Gasteiger partial charge < -0.3 is 0 Å². The first-order chi connectivity index (χ1) is 18.8. The lowest BCUT2D eigenvalue weighted by atomic mass is 10.0. The maximum Gasteiger partial charge on any atom is 0.140 e. The molecule has 38 heavy (non-hydrogen) atoms. The topological polar surface area (TPSA) is 44.8 Å². The molecule has 1 aliphatic heterocycles. The summed E-state index contributed by atoms with van der Waals surface area (Å²) in [5.74, 6) is 0.996. The molecule has 1 aliphatic rings. The summed E-state index contributed by atoms with van der Waals surface area (Å²) in [7, 11) is 0. The van der Waals surface area contributed by atoms with Gasteiger partial charge in [0.15, 0.2) is 0 Å². The lowest BCUT2D eigenvalue weighted by Gasteiger charge is -2.26. The summed E-state index contributed by atoms with van der Waals surface area (Å²) < 4.78 is 0. The number of nitrogens with one attached hydrogen (secondary N) is 1. The first-order valence-corrected chi connectivity index (χ1v) is 13.0. The van der Waals surface area contributed by atoms with Gasteiger partial charge in [-0.1, -0.05) is 91.0 Å². The van der Waals surface area contributed by atoms with E-state index in [-0.39, 0.29) is 0 Å². The van der Waals surface area contributed by atoms with Gasteiger partial charge in [-0.25, -0.2) is 4.98 Å². The molecule has 0 saturated heterocycles. The smallest absolute Gasteiger partial charge is 0.140 e. The molecule has 2 aromatic heterocycles. The third kappa shape index (κ3) is 4.06. The molecule has 0 saturated carbocycles. The van der Waals surface area contributed by atoms with E-state index in [1.54, 1.807) is 0 Å². The third-order valence-electron chi connectivity index (χ3n) is 7.26. The van der Waals surface area contributed by atoms with Crippen molar-refractivity contribution in [2.75, 3.05) is 4.90 Å². The van der Waals surface area contributed by atoms with Crippen LogP contribution >= 0.6 is 0 Å². The van der Waals surface area contributed by atoms with Crippen molar-refractivity contribution in [3.63, 3.8) is 0 Å². The van der Waals surface area contributed by atoms with Crippen molar-refractivity contribution in [3.05, 3.63) is 139 Å². The number of hydrogen-bond donors (Lipinski definition) is 1. The fraction of sp³-hybridized carbons (Fsp3) is 0.0588. The normalized spacial score (nSPS) is 12.5. The van der Waals surface area contributed by atoms with Crippen LogP contribution in [0.15, 0.2) is 128 Å². The van der Waals surface area contributed by atoms with E-state index < -0.39 is 0 Å². The zero-order chi connectivity index (χ0) is 25.3. The largest absolute Gasteiger partial charge is 0.295 e. The maximum absolute atomic E-state index is 4.82. The number of aromatic nitrogens is 3. The number of rotatable bonds is 4. The highest BCUT2D eigenvalue weighted by Crippen LogP contribution is 2.41. The number of benzene rings is 4. The van der Waals surface area contributed by atoms with Crippen molar-refractivity contribution in [1.82, 2.24) is 15.2 Å². The Bertz CT molecular complexity index is 1670. The highest BCUT2D eigenvalue weighted by atomic mass is 15.2. The number of aromatic amines is 1. The van der Waals surface area contributed by atoms with E-state index in [1.165, 1.54) is 27.9 Å². The van der Waals surface area contributed by atoms with Crippen LogP contribution in [0, 0.1) is 0 Å². The second-order valence-corrected chi connectivity index (χ2v) is 9.61. The third-order valence-corrected chi connectivity index (χ3v) is 7.26. The summed E-state index contributed by atoms with van der Waals surface area (Å²) in [6.07, 6.45) is 3.85.